The van der Waals surface area contributed by atoms with Crippen LogP contribution in [0.4, 0.5) is 17.1 Å². The first-order valence-electron chi connectivity index (χ1n) is 6.14. The van der Waals surface area contributed by atoms with E-state index in [0.29, 0.717) is 22.5 Å². The van der Waals surface area contributed by atoms with Crippen LogP contribution in [0.5, 0.6) is 0 Å². The molecule has 100 valence electrons. The molecule has 0 radical (unpaired) electrons. The maximum Gasteiger partial charge on any atom is 0.188 e. The first-order chi connectivity index (χ1) is 9.58. The van der Waals surface area contributed by atoms with Crippen LogP contribution in [-0.4, -0.2) is 5.78 Å². The van der Waals surface area contributed by atoms with Crippen molar-refractivity contribution in [1.29, 1.82) is 0 Å². The molecule has 0 heterocycles. The highest BCUT2D eigenvalue weighted by molar-refractivity contribution is 6.08. The molecule has 0 spiro atoms. The minimum absolute atomic E-state index is 0.122. The third-order valence-electron chi connectivity index (χ3n) is 2.71. The number of rotatable bonds is 4. The van der Waals surface area contributed by atoms with Gasteiger partial charge in [0.1, 0.15) is 5.69 Å². The Morgan fingerprint density at radius 3 is 2.40 bits per heavy atom. The Kier molecular flexibility index (Phi) is 4.05. The number of hydrogen-bond acceptors (Lipinski definition) is 4. The molecule has 2 rings (SSSR count). The standard InChI is InChI=1S/C16H15N3O/c1-11(2)16(20)12-8-9-15(14(17)10-12)19-18-13-6-4-3-5-7-13/h3-10H,1,17H2,2H3. The zero-order valence-corrected chi connectivity index (χ0v) is 11.2. The summed E-state index contributed by atoms with van der Waals surface area (Å²) < 4.78 is 0. The van der Waals surface area contributed by atoms with E-state index >= 15 is 0 Å². The van der Waals surface area contributed by atoms with Gasteiger partial charge in [0.2, 0.25) is 0 Å². The van der Waals surface area contributed by atoms with E-state index < -0.39 is 0 Å². The molecule has 0 saturated heterocycles. The summed E-state index contributed by atoms with van der Waals surface area (Å²) in [5.41, 5.74) is 8.56. The zero-order chi connectivity index (χ0) is 14.5. The Hall–Kier alpha value is -2.75. The summed E-state index contributed by atoms with van der Waals surface area (Å²) in [6, 6.07) is 14.3. The molecule has 0 aromatic heterocycles. The summed E-state index contributed by atoms with van der Waals surface area (Å²) in [5, 5.41) is 8.18. The molecule has 4 heteroatoms. The highest BCUT2D eigenvalue weighted by Gasteiger charge is 2.08. The van der Waals surface area contributed by atoms with Crippen molar-refractivity contribution < 1.29 is 4.79 Å². The third kappa shape index (κ3) is 3.17. The fourth-order valence-electron chi connectivity index (χ4n) is 1.64. The molecule has 0 atom stereocenters. The summed E-state index contributed by atoms with van der Waals surface area (Å²) in [6.07, 6.45) is 0. The molecule has 0 unspecified atom stereocenters. The number of nitrogens with zero attached hydrogens (tertiary/aromatic N) is 2. The normalized spacial score (nSPS) is 10.7. The van der Waals surface area contributed by atoms with E-state index in [1.807, 2.05) is 30.3 Å². The molecule has 0 aliphatic heterocycles. The van der Waals surface area contributed by atoms with Gasteiger partial charge in [0.25, 0.3) is 0 Å². The first-order valence-corrected chi connectivity index (χ1v) is 6.14. The molecular formula is C16H15N3O. The lowest BCUT2D eigenvalue weighted by Crippen LogP contribution is -2.00. The monoisotopic (exact) mass is 265 g/mol. The first kappa shape index (κ1) is 13.7. The third-order valence-corrected chi connectivity index (χ3v) is 2.71. The highest BCUT2D eigenvalue weighted by Crippen LogP contribution is 2.26. The van der Waals surface area contributed by atoms with E-state index in [0.717, 1.165) is 5.69 Å². The number of benzene rings is 2. The molecule has 0 aliphatic carbocycles. The van der Waals surface area contributed by atoms with Crippen LogP contribution in [0.15, 0.2) is 70.9 Å². The molecule has 2 aromatic carbocycles. The van der Waals surface area contributed by atoms with E-state index in [2.05, 4.69) is 16.8 Å². The SMILES string of the molecule is C=C(C)C(=O)c1ccc(N=Nc2ccccc2)c(N)c1. The minimum atomic E-state index is -0.122. The average Bonchev–Trinajstić information content (AvgIpc) is 2.46. The number of Topliss-reactive ketones (excluding diaryl/α,β-unsaturated/α-hetero) is 1. The predicted molar refractivity (Wildman–Crippen MR) is 80.6 cm³/mol. The van der Waals surface area contributed by atoms with Gasteiger partial charge >= 0.3 is 0 Å². The number of azo groups is 1. The van der Waals surface area contributed by atoms with E-state index in [-0.39, 0.29) is 5.78 Å². The second kappa shape index (κ2) is 5.93. The van der Waals surface area contributed by atoms with E-state index in [4.69, 9.17) is 5.73 Å². The van der Waals surface area contributed by atoms with Gasteiger partial charge in [-0.15, -0.1) is 5.11 Å². The Morgan fingerprint density at radius 1 is 1.10 bits per heavy atom. The fourth-order valence-corrected chi connectivity index (χ4v) is 1.64. The molecule has 0 saturated carbocycles. The van der Waals surface area contributed by atoms with Gasteiger partial charge < -0.3 is 5.73 Å². The van der Waals surface area contributed by atoms with Crippen LogP contribution in [0.25, 0.3) is 0 Å². The lowest BCUT2D eigenvalue weighted by Gasteiger charge is -2.03. The number of allylic oxidation sites excluding steroid dienone is 1. The Balaban J connectivity index is 2.25. The maximum absolute atomic E-state index is 11.8. The zero-order valence-electron chi connectivity index (χ0n) is 11.2. The second-order valence-corrected chi connectivity index (χ2v) is 4.42. The quantitative estimate of drug-likeness (QED) is 0.384. The largest absolute Gasteiger partial charge is 0.397 e. The fraction of sp³-hybridized carbons (Fsp3) is 0.0625. The van der Waals surface area contributed by atoms with E-state index in [9.17, 15) is 4.79 Å². The van der Waals surface area contributed by atoms with Crippen LogP contribution < -0.4 is 5.73 Å². The number of ketones is 1. The summed E-state index contributed by atoms with van der Waals surface area (Å²) in [7, 11) is 0. The number of hydrogen-bond donors (Lipinski definition) is 1. The van der Waals surface area contributed by atoms with Crippen LogP contribution in [0.1, 0.15) is 17.3 Å². The van der Waals surface area contributed by atoms with Crippen LogP contribution in [0, 0.1) is 0 Å². The van der Waals surface area contributed by atoms with Crippen molar-refractivity contribution in [2.24, 2.45) is 10.2 Å². The van der Waals surface area contributed by atoms with Crippen molar-refractivity contribution in [2.75, 3.05) is 5.73 Å². The van der Waals surface area contributed by atoms with Crippen LogP contribution in [-0.2, 0) is 0 Å². The van der Waals surface area contributed by atoms with Crippen LogP contribution in [0.3, 0.4) is 0 Å². The smallest absolute Gasteiger partial charge is 0.188 e. The van der Waals surface area contributed by atoms with Gasteiger partial charge in [0, 0.05) is 5.56 Å². The number of anilines is 1. The van der Waals surface area contributed by atoms with E-state index in [1.165, 1.54) is 0 Å². The minimum Gasteiger partial charge on any atom is -0.397 e. The van der Waals surface area contributed by atoms with Crippen molar-refractivity contribution in [2.45, 2.75) is 6.92 Å². The summed E-state index contributed by atoms with van der Waals surface area (Å²) in [5.74, 6) is -0.122. The van der Waals surface area contributed by atoms with Gasteiger partial charge in [-0.1, -0.05) is 24.8 Å². The van der Waals surface area contributed by atoms with Crippen molar-refractivity contribution in [3.8, 4) is 0 Å². The Bertz CT molecular complexity index is 675. The van der Waals surface area contributed by atoms with Gasteiger partial charge in [0.05, 0.1) is 11.4 Å². The van der Waals surface area contributed by atoms with Crippen molar-refractivity contribution in [3.05, 3.63) is 66.2 Å². The second-order valence-electron chi connectivity index (χ2n) is 4.42. The van der Waals surface area contributed by atoms with Gasteiger partial charge in [-0.05, 0) is 42.8 Å². The number of carbonyl (C=O) groups is 1. The number of nitrogens with two attached hydrogens (primary N) is 1. The summed E-state index contributed by atoms with van der Waals surface area (Å²) in [6.45, 7) is 5.30. The number of carbonyl (C=O) groups excluding carboxylic acids is 1. The topological polar surface area (TPSA) is 67.8 Å². The maximum atomic E-state index is 11.8. The van der Waals surface area contributed by atoms with Crippen LogP contribution in [0.2, 0.25) is 0 Å². The van der Waals surface area contributed by atoms with Gasteiger partial charge in [-0.2, -0.15) is 5.11 Å². The Morgan fingerprint density at radius 2 is 1.80 bits per heavy atom. The summed E-state index contributed by atoms with van der Waals surface area (Å²) >= 11 is 0. The lowest BCUT2D eigenvalue weighted by molar-refractivity contribution is 0.103. The van der Waals surface area contributed by atoms with Crippen molar-refractivity contribution >= 4 is 22.8 Å². The van der Waals surface area contributed by atoms with Crippen molar-refractivity contribution in [3.63, 3.8) is 0 Å². The average molecular weight is 265 g/mol. The molecule has 2 N–H and O–H groups in total. The van der Waals surface area contributed by atoms with E-state index in [1.54, 1.807) is 25.1 Å². The summed E-state index contributed by atoms with van der Waals surface area (Å²) in [4.78, 5) is 11.8. The molecule has 0 fully saturated rings. The molecular weight excluding hydrogens is 250 g/mol. The van der Waals surface area contributed by atoms with Crippen molar-refractivity contribution in [1.82, 2.24) is 0 Å². The molecule has 4 nitrogen and oxygen atoms in total. The molecule has 2 aromatic rings. The predicted octanol–water partition coefficient (Wildman–Crippen LogP) is 4.44. The van der Waals surface area contributed by atoms with Gasteiger partial charge in [-0.3, -0.25) is 4.79 Å². The molecule has 0 bridgehead atoms. The van der Waals surface area contributed by atoms with Gasteiger partial charge in [-0.25, -0.2) is 0 Å². The highest BCUT2D eigenvalue weighted by atomic mass is 16.1. The molecule has 0 amide bonds. The van der Waals surface area contributed by atoms with Crippen LogP contribution >= 0.6 is 0 Å². The number of nitrogen functional groups attached to an aromatic ring is 1. The lowest BCUT2D eigenvalue weighted by atomic mass is 10.0. The molecule has 20 heavy (non-hydrogen) atoms. The van der Waals surface area contributed by atoms with Gasteiger partial charge in [0.15, 0.2) is 5.78 Å². The molecule has 0 aliphatic rings. The Labute approximate surface area is 117 Å².